The molecule has 1 heterocycles. The van der Waals surface area contributed by atoms with Crippen LogP contribution in [0.25, 0.3) is 10.8 Å². The van der Waals surface area contributed by atoms with Crippen LogP contribution in [0.15, 0.2) is 42.5 Å². The SMILES string of the molecule is CN(Cc1cccc2ccccc12)C(=O)C1CCCCN1.Cl. The van der Waals surface area contributed by atoms with E-state index in [1.54, 1.807) is 0 Å². The molecule has 1 amide bonds. The molecule has 0 aliphatic carbocycles. The number of amides is 1. The number of carbonyl (C=O) groups is 1. The van der Waals surface area contributed by atoms with E-state index in [4.69, 9.17) is 0 Å². The Hall–Kier alpha value is -1.58. The Morgan fingerprint density at radius 1 is 1.18 bits per heavy atom. The molecule has 0 aromatic heterocycles. The summed E-state index contributed by atoms with van der Waals surface area (Å²) < 4.78 is 0. The van der Waals surface area contributed by atoms with Gasteiger partial charge in [0.15, 0.2) is 0 Å². The quantitative estimate of drug-likeness (QED) is 0.941. The highest BCUT2D eigenvalue weighted by atomic mass is 35.5. The van der Waals surface area contributed by atoms with Gasteiger partial charge in [-0.15, -0.1) is 12.4 Å². The Morgan fingerprint density at radius 3 is 2.73 bits per heavy atom. The van der Waals surface area contributed by atoms with Crippen molar-refractivity contribution in [1.82, 2.24) is 10.2 Å². The number of nitrogens with one attached hydrogen (secondary N) is 1. The van der Waals surface area contributed by atoms with Crippen LogP contribution in [0, 0.1) is 0 Å². The fraction of sp³-hybridized carbons (Fsp3) is 0.389. The Balaban J connectivity index is 0.00000176. The van der Waals surface area contributed by atoms with Gasteiger partial charge in [0.1, 0.15) is 0 Å². The van der Waals surface area contributed by atoms with Gasteiger partial charge in [0.25, 0.3) is 0 Å². The molecule has 2 aromatic rings. The molecule has 0 radical (unpaired) electrons. The van der Waals surface area contributed by atoms with Gasteiger partial charge >= 0.3 is 0 Å². The molecule has 0 spiro atoms. The molecule has 3 rings (SSSR count). The maximum absolute atomic E-state index is 12.5. The summed E-state index contributed by atoms with van der Waals surface area (Å²) in [5.74, 6) is 0.211. The molecule has 3 nitrogen and oxygen atoms in total. The van der Waals surface area contributed by atoms with Crippen LogP contribution in [0.1, 0.15) is 24.8 Å². The first-order chi connectivity index (χ1) is 10.3. The Morgan fingerprint density at radius 2 is 1.95 bits per heavy atom. The van der Waals surface area contributed by atoms with Crippen molar-refractivity contribution in [1.29, 1.82) is 0 Å². The van der Waals surface area contributed by atoms with Crippen LogP contribution in [0.3, 0.4) is 0 Å². The highest BCUT2D eigenvalue weighted by Crippen LogP contribution is 2.20. The zero-order chi connectivity index (χ0) is 14.7. The Kier molecular flexibility index (Phi) is 5.81. The minimum absolute atomic E-state index is 0. The monoisotopic (exact) mass is 318 g/mol. The number of piperidine rings is 1. The molecule has 0 saturated carbocycles. The molecule has 1 aliphatic rings. The summed E-state index contributed by atoms with van der Waals surface area (Å²) >= 11 is 0. The minimum atomic E-state index is -0.00118. The first kappa shape index (κ1) is 16.8. The van der Waals surface area contributed by atoms with Gasteiger partial charge in [-0.25, -0.2) is 0 Å². The number of benzene rings is 2. The third-order valence-electron chi connectivity index (χ3n) is 4.27. The largest absolute Gasteiger partial charge is 0.340 e. The fourth-order valence-corrected chi connectivity index (χ4v) is 3.09. The Bertz CT molecular complexity index is 633. The molecular weight excluding hydrogens is 296 g/mol. The van der Waals surface area contributed by atoms with Crippen molar-refractivity contribution >= 4 is 29.1 Å². The lowest BCUT2D eigenvalue weighted by Crippen LogP contribution is -2.47. The van der Waals surface area contributed by atoms with Crippen LogP contribution in [0.4, 0.5) is 0 Å². The second kappa shape index (κ2) is 7.61. The van der Waals surface area contributed by atoms with E-state index in [1.165, 1.54) is 22.8 Å². The van der Waals surface area contributed by atoms with Gasteiger partial charge in [0.2, 0.25) is 5.91 Å². The number of fused-ring (bicyclic) bond motifs is 1. The molecule has 2 aromatic carbocycles. The molecule has 1 unspecified atom stereocenters. The van der Waals surface area contributed by atoms with Crippen LogP contribution in [0.2, 0.25) is 0 Å². The number of halogens is 1. The van der Waals surface area contributed by atoms with Crippen molar-refractivity contribution in [2.45, 2.75) is 31.8 Å². The average Bonchev–Trinajstić information content (AvgIpc) is 2.55. The van der Waals surface area contributed by atoms with E-state index < -0.39 is 0 Å². The zero-order valence-electron chi connectivity index (χ0n) is 12.9. The first-order valence-electron chi connectivity index (χ1n) is 7.71. The molecule has 118 valence electrons. The van der Waals surface area contributed by atoms with E-state index in [2.05, 4.69) is 41.7 Å². The molecule has 1 saturated heterocycles. The molecular formula is C18H23ClN2O. The molecule has 4 heteroatoms. The van der Waals surface area contributed by atoms with Crippen molar-refractivity contribution < 1.29 is 4.79 Å². The first-order valence-corrected chi connectivity index (χ1v) is 7.71. The average molecular weight is 319 g/mol. The lowest BCUT2D eigenvalue weighted by atomic mass is 10.0. The van der Waals surface area contributed by atoms with Crippen molar-refractivity contribution in [3.8, 4) is 0 Å². The van der Waals surface area contributed by atoms with E-state index in [-0.39, 0.29) is 24.4 Å². The normalized spacial score (nSPS) is 17.8. The van der Waals surface area contributed by atoms with E-state index in [9.17, 15) is 4.79 Å². The maximum atomic E-state index is 12.5. The summed E-state index contributed by atoms with van der Waals surface area (Å²) in [5, 5.41) is 5.79. The van der Waals surface area contributed by atoms with Crippen LogP contribution in [0.5, 0.6) is 0 Å². The number of nitrogens with zero attached hydrogens (tertiary/aromatic N) is 1. The van der Waals surface area contributed by atoms with Gasteiger partial charge in [-0.05, 0) is 35.7 Å². The van der Waals surface area contributed by atoms with Gasteiger partial charge in [-0.3, -0.25) is 4.79 Å². The van der Waals surface area contributed by atoms with Crippen LogP contribution >= 0.6 is 12.4 Å². The minimum Gasteiger partial charge on any atom is -0.340 e. The highest BCUT2D eigenvalue weighted by molar-refractivity contribution is 5.87. The van der Waals surface area contributed by atoms with Gasteiger partial charge in [-0.2, -0.15) is 0 Å². The van der Waals surface area contributed by atoms with Gasteiger partial charge < -0.3 is 10.2 Å². The topological polar surface area (TPSA) is 32.3 Å². The third kappa shape index (κ3) is 3.60. The fourth-order valence-electron chi connectivity index (χ4n) is 3.09. The van der Waals surface area contributed by atoms with E-state index in [1.807, 2.05) is 18.0 Å². The van der Waals surface area contributed by atoms with Crippen LogP contribution in [-0.4, -0.2) is 30.4 Å². The zero-order valence-corrected chi connectivity index (χ0v) is 13.7. The van der Waals surface area contributed by atoms with Gasteiger partial charge in [-0.1, -0.05) is 48.9 Å². The number of likely N-dealkylation sites (N-methyl/N-ethyl adjacent to an activating group) is 1. The second-order valence-corrected chi connectivity index (χ2v) is 5.84. The molecule has 0 bridgehead atoms. The lowest BCUT2D eigenvalue weighted by molar-refractivity contribution is -0.133. The predicted octanol–water partition coefficient (Wildman–Crippen LogP) is 3.36. The highest BCUT2D eigenvalue weighted by Gasteiger charge is 2.23. The van der Waals surface area contributed by atoms with Gasteiger partial charge in [0, 0.05) is 13.6 Å². The van der Waals surface area contributed by atoms with Crippen LogP contribution in [-0.2, 0) is 11.3 Å². The van der Waals surface area contributed by atoms with Crippen molar-refractivity contribution in [2.24, 2.45) is 0 Å². The van der Waals surface area contributed by atoms with Crippen molar-refractivity contribution in [3.63, 3.8) is 0 Å². The molecule has 1 fully saturated rings. The summed E-state index contributed by atoms with van der Waals surface area (Å²) in [6.45, 7) is 1.62. The smallest absolute Gasteiger partial charge is 0.239 e. The summed E-state index contributed by atoms with van der Waals surface area (Å²) in [6.07, 6.45) is 3.28. The Labute approximate surface area is 138 Å². The molecule has 1 atom stereocenters. The summed E-state index contributed by atoms with van der Waals surface area (Å²) in [4.78, 5) is 14.4. The summed E-state index contributed by atoms with van der Waals surface area (Å²) in [5.41, 5.74) is 1.21. The number of hydrogen-bond donors (Lipinski definition) is 1. The lowest BCUT2D eigenvalue weighted by Gasteiger charge is -2.27. The third-order valence-corrected chi connectivity index (χ3v) is 4.27. The molecule has 22 heavy (non-hydrogen) atoms. The summed E-state index contributed by atoms with van der Waals surface area (Å²) in [7, 11) is 1.90. The van der Waals surface area contributed by atoms with E-state index in [0.717, 1.165) is 19.4 Å². The second-order valence-electron chi connectivity index (χ2n) is 5.84. The number of rotatable bonds is 3. The van der Waals surface area contributed by atoms with E-state index in [0.29, 0.717) is 6.54 Å². The molecule has 1 N–H and O–H groups in total. The summed E-state index contributed by atoms with van der Waals surface area (Å²) in [6, 6.07) is 14.6. The maximum Gasteiger partial charge on any atom is 0.239 e. The van der Waals surface area contributed by atoms with Crippen molar-refractivity contribution in [3.05, 3.63) is 48.0 Å². The van der Waals surface area contributed by atoms with Gasteiger partial charge in [0.05, 0.1) is 6.04 Å². The predicted molar refractivity (Wildman–Crippen MR) is 93.3 cm³/mol. The van der Waals surface area contributed by atoms with E-state index >= 15 is 0 Å². The standard InChI is InChI=1S/C18H22N2O.ClH/c1-20(18(21)17-11-4-5-12-19-17)13-15-9-6-8-14-7-2-3-10-16(14)15;/h2-3,6-10,17,19H,4-5,11-13H2,1H3;1H. The van der Waals surface area contributed by atoms with Crippen LogP contribution < -0.4 is 5.32 Å². The molecule has 1 aliphatic heterocycles. The van der Waals surface area contributed by atoms with Crippen molar-refractivity contribution in [2.75, 3.05) is 13.6 Å². The number of hydrogen-bond acceptors (Lipinski definition) is 2. The number of carbonyl (C=O) groups excluding carboxylic acids is 1.